The molecule has 1 aliphatic rings. The Morgan fingerprint density at radius 2 is 1.95 bits per heavy atom. The van der Waals surface area contributed by atoms with Crippen molar-refractivity contribution in [1.82, 2.24) is 4.90 Å². The highest BCUT2D eigenvalue weighted by Gasteiger charge is 2.48. The van der Waals surface area contributed by atoms with Crippen molar-refractivity contribution in [3.05, 3.63) is 34.9 Å². The highest BCUT2D eigenvalue weighted by Crippen LogP contribution is 2.38. The predicted molar refractivity (Wildman–Crippen MR) is 81.3 cm³/mol. The molecule has 21 heavy (non-hydrogen) atoms. The van der Waals surface area contributed by atoms with Gasteiger partial charge < -0.3 is 10.0 Å². The molecule has 1 aliphatic heterocycles. The first-order chi connectivity index (χ1) is 9.78. The summed E-state index contributed by atoms with van der Waals surface area (Å²) in [6.45, 7) is 8.55. The number of carboxylic acids is 1. The quantitative estimate of drug-likeness (QED) is 0.931. The molecule has 0 saturated carbocycles. The van der Waals surface area contributed by atoms with Crippen LogP contribution in [0.1, 0.15) is 41.8 Å². The minimum atomic E-state index is -0.811. The molecule has 1 aromatic carbocycles. The molecular formula is C17H23NO3. The van der Waals surface area contributed by atoms with E-state index in [9.17, 15) is 14.7 Å². The Morgan fingerprint density at radius 1 is 1.29 bits per heavy atom. The zero-order valence-corrected chi connectivity index (χ0v) is 13.1. The van der Waals surface area contributed by atoms with Crippen LogP contribution in [0.2, 0.25) is 0 Å². The summed E-state index contributed by atoms with van der Waals surface area (Å²) >= 11 is 0. The van der Waals surface area contributed by atoms with E-state index in [0.29, 0.717) is 25.1 Å². The predicted octanol–water partition coefficient (Wildman–Crippen LogP) is 2.88. The van der Waals surface area contributed by atoms with Gasteiger partial charge in [0.2, 0.25) is 0 Å². The Balaban J connectivity index is 2.25. The average molecular weight is 289 g/mol. The number of nitrogens with zero attached hydrogens (tertiary/aromatic N) is 1. The molecule has 4 nitrogen and oxygen atoms in total. The maximum absolute atomic E-state index is 12.6. The first-order valence-electron chi connectivity index (χ1n) is 7.38. The van der Waals surface area contributed by atoms with Crippen LogP contribution in [0.4, 0.5) is 0 Å². The van der Waals surface area contributed by atoms with Gasteiger partial charge in [0.05, 0.1) is 5.41 Å². The summed E-state index contributed by atoms with van der Waals surface area (Å²) < 4.78 is 0. The monoisotopic (exact) mass is 289 g/mol. The third-order valence-electron chi connectivity index (χ3n) is 4.73. The number of carbonyl (C=O) groups excluding carboxylic acids is 1. The van der Waals surface area contributed by atoms with Crippen molar-refractivity contribution in [2.45, 2.75) is 34.1 Å². The molecule has 1 unspecified atom stereocenters. The van der Waals surface area contributed by atoms with Gasteiger partial charge in [0.15, 0.2) is 0 Å². The summed E-state index contributed by atoms with van der Waals surface area (Å²) in [5.74, 6) is -0.850. The third kappa shape index (κ3) is 2.67. The molecule has 1 amide bonds. The van der Waals surface area contributed by atoms with Gasteiger partial charge in [-0.1, -0.05) is 31.5 Å². The zero-order valence-electron chi connectivity index (χ0n) is 13.1. The second-order valence-electron chi connectivity index (χ2n) is 6.41. The zero-order chi connectivity index (χ0) is 15.8. The van der Waals surface area contributed by atoms with Crippen LogP contribution in [-0.2, 0) is 4.79 Å². The molecule has 0 aromatic heterocycles. The number of aryl methyl sites for hydroxylation is 2. The van der Waals surface area contributed by atoms with Crippen molar-refractivity contribution in [2.24, 2.45) is 11.3 Å². The van der Waals surface area contributed by atoms with Gasteiger partial charge in [0.25, 0.3) is 5.91 Å². The highest BCUT2D eigenvalue weighted by molar-refractivity contribution is 5.96. The van der Waals surface area contributed by atoms with E-state index in [1.165, 1.54) is 0 Å². The first kappa shape index (κ1) is 15.5. The van der Waals surface area contributed by atoms with E-state index in [4.69, 9.17) is 0 Å². The summed E-state index contributed by atoms with van der Waals surface area (Å²) in [6.07, 6.45) is 0.524. The number of benzene rings is 1. The maximum atomic E-state index is 12.6. The molecule has 0 aliphatic carbocycles. The van der Waals surface area contributed by atoms with Crippen LogP contribution in [0.5, 0.6) is 0 Å². The molecule has 1 atom stereocenters. The molecule has 114 valence electrons. The number of aliphatic carboxylic acids is 1. The summed E-state index contributed by atoms with van der Waals surface area (Å²) in [6, 6.07) is 5.74. The van der Waals surface area contributed by atoms with E-state index < -0.39 is 11.4 Å². The number of likely N-dealkylation sites (tertiary alicyclic amines) is 1. The maximum Gasteiger partial charge on any atom is 0.311 e. The Labute approximate surface area is 125 Å². The SMILES string of the molecule is Cc1ccc(C(=O)N2CCC(C(=O)O)(C(C)C)C2)c(C)c1. The van der Waals surface area contributed by atoms with Crippen LogP contribution >= 0.6 is 0 Å². The van der Waals surface area contributed by atoms with Crippen LogP contribution in [0, 0.1) is 25.2 Å². The van der Waals surface area contributed by atoms with Crippen molar-refractivity contribution in [3.63, 3.8) is 0 Å². The number of carboxylic acid groups (broad SMARTS) is 1. The van der Waals surface area contributed by atoms with Crippen LogP contribution in [-0.4, -0.2) is 35.0 Å². The minimum Gasteiger partial charge on any atom is -0.481 e. The molecule has 0 spiro atoms. The van der Waals surface area contributed by atoms with Crippen LogP contribution in [0.15, 0.2) is 18.2 Å². The molecule has 1 saturated heterocycles. The van der Waals surface area contributed by atoms with Crippen molar-refractivity contribution in [3.8, 4) is 0 Å². The van der Waals surface area contributed by atoms with Crippen molar-refractivity contribution < 1.29 is 14.7 Å². The fourth-order valence-electron chi connectivity index (χ4n) is 3.12. The highest BCUT2D eigenvalue weighted by atomic mass is 16.4. The molecule has 4 heteroatoms. The number of carbonyl (C=O) groups is 2. The van der Waals surface area contributed by atoms with Crippen molar-refractivity contribution in [2.75, 3.05) is 13.1 Å². The lowest BCUT2D eigenvalue weighted by Crippen LogP contribution is -2.40. The summed E-state index contributed by atoms with van der Waals surface area (Å²) in [5.41, 5.74) is 1.92. The molecule has 1 fully saturated rings. The van der Waals surface area contributed by atoms with Gasteiger partial charge in [-0.25, -0.2) is 0 Å². The van der Waals surface area contributed by atoms with Gasteiger partial charge in [-0.15, -0.1) is 0 Å². The molecule has 1 N–H and O–H groups in total. The van der Waals surface area contributed by atoms with E-state index in [0.717, 1.165) is 11.1 Å². The molecule has 0 bridgehead atoms. The largest absolute Gasteiger partial charge is 0.481 e. The van der Waals surface area contributed by atoms with Crippen LogP contribution in [0.3, 0.4) is 0 Å². The van der Waals surface area contributed by atoms with E-state index >= 15 is 0 Å². The smallest absolute Gasteiger partial charge is 0.311 e. The van der Waals surface area contributed by atoms with Crippen LogP contribution < -0.4 is 0 Å². The van der Waals surface area contributed by atoms with Gasteiger partial charge in [0, 0.05) is 18.7 Å². The Bertz CT molecular complexity index is 579. The lowest BCUT2D eigenvalue weighted by Gasteiger charge is -2.28. The molecule has 2 rings (SSSR count). The van der Waals surface area contributed by atoms with Crippen LogP contribution in [0.25, 0.3) is 0 Å². The molecular weight excluding hydrogens is 266 g/mol. The van der Waals surface area contributed by atoms with Gasteiger partial charge in [-0.05, 0) is 37.8 Å². The van der Waals surface area contributed by atoms with E-state index in [1.807, 2.05) is 45.9 Å². The van der Waals surface area contributed by atoms with Gasteiger partial charge in [0.1, 0.15) is 0 Å². The third-order valence-corrected chi connectivity index (χ3v) is 4.73. The standard InChI is InChI=1S/C17H23NO3/c1-11(2)17(16(20)21)7-8-18(10-17)15(19)14-6-5-12(3)9-13(14)4/h5-6,9,11H,7-8,10H2,1-4H3,(H,20,21). The molecule has 1 aromatic rings. The second kappa shape index (κ2) is 5.51. The summed E-state index contributed by atoms with van der Waals surface area (Å²) in [4.78, 5) is 26.0. The second-order valence-corrected chi connectivity index (χ2v) is 6.41. The Hall–Kier alpha value is -1.84. The topological polar surface area (TPSA) is 57.6 Å². The van der Waals surface area contributed by atoms with Crippen molar-refractivity contribution in [1.29, 1.82) is 0 Å². The van der Waals surface area contributed by atoms with Gasteiger partial charge in [-0.3, -0.25) is 9.59 Å². The Kier molecular flexibility index (Phi) is 4.08. The van der Waals surface area contributed by atoms with Crippen molar-refractivity contribution >= 4 is 11.9 Å². The number of hydrogen-bond acceptors (Lipinski definition) is 2. The number of rotatable bonds is 3. The molecule has 1 heterocycles. The fourth-order valence-corrected chi connectivity index (χ4v) is 3.12. The first-order valence-corrected chi connectivity index (χ1v) is 7.38. The van der Waals surface area contributed by atoms with Gasteiger partial charge in [-0.2, -0.15) is 0 Å². The number of amides is 1. The lowest BCUT2D eigenvalue weighted by molar-refractivity contribution is -0.150. The normalized spacial score (nSPS) is 21.9. The minimum absolute atomic E-state index is 0.00640. The average Bonchev–Trinajstić information content (AvgIpc) is 2.84. The van der Waals surface area contributed by atoms with E-state index in [2.05, 4.69) is 0 Å². The van der Waals surface area contributed by atoms with E-state index in [-0.39, 0.29) is 11.8 Å². The molecule has 0 radical (unpaired) electrons. The lowest BCUT2D eigenvalue weighted by atomic mass is 9.76. The summed E-state index contributed by atoms with van der Waals surface area (Å²) in [5, 5.41) is 9.56. The number of hydrogen-bond donors (Lipinski definition) is 1. The summed E-state index contributed by atoms with van der Waals surface area (Å²) in [7, 11) is 0. The fraction of sp³-hybridized carbons (Fsp3) is 0.529. The van der Waals surface area contributed by atoms with Gasteiger partial charge >= 0.3 is 5.97 Å². The Morgan fingerprint density at radius 3 is 2.43 bits per heavy atom. The van der Waals surface area contributed by atoms with E-state index in [1.54, 1.807) is 4.90 Å².